The predicted octanol–water partition coefficient (Wildman–Crippen LogP) is 1.49. The quantitative estimate of drug-likeness (QED) is 0.768. The molecule has 1 heterocycles. The number of hydrogen-bond donors (Lipinski definition) is 1. The van der Waals surface area contributed by atoms with Crippen LogP contribution in [0.3, 0.4) is 0 Å². The van der Waals surface area contributed by atoms with Gasteiger partial charge in [-0.3, -0.25) is 14.5 Å². The summed E-state index contributed by atoms with van der Waals surface area (Å²) in [6, 6.07) is 0. The van der Waals surface area contributed by atoms with E-state index in [4.69, 9.17) is 4.74 Å². The fraction of sp³-hybridized carbons (Fsp3) is 0.583. The molecule has 0 aliphatic heterocycles. The van der Waals surface area contributed by atoms with Gasteiger partial charge in [0.1, 0.15) is 0 Å². The first-order chi connectivity index (χ1) is 9.01. The third-order valence-electron chi connectivity index (χ3n) is 2.27. The maximum Gasteiger partial charge on any atom is 0.307 e. The van der Waals surface area contributed by atoms with E-state index in [1.165, 1.54) is 18.3 Å². The van der Waals surface area contributed by atoms with Gasteiger partial charge in [0.15, 0.2) is 5.13 Å². The molecule has 0 aliphatic rings. The van der Waals surface area contributed by atoms with Gasteiger partial charge in [0.2, 0.25) is 5.91 Å². The third-order valence-corrected chi connectivity index (χ3v) is 3.08. The van der Waals surface area contributed by atoms with Crippen molar-refractivity contribution in [1.29, 1.82) is 0 Å². The van der Waals surface area contributed by atoms with E-state index in [2.05, 4.69) is 10.3 Å². The van der Waals surface area contributed by atoms with Crippen molar-refractivity contribution in [3.8, 4) is 0 Å². The summed E-state index contributed by atoms with van der Waals surface area (Å²) in [4.78, 5) is 28.4. The van der Waals surface area contributed by atoms with Gasteiger partial charge in [0, 0.05) is 25.4 Å². The summed E-state index contributed by atoms with van der Waals surface area (Å²) in [7, 11) is 1.91. The Morgan fingerprint density at radius 1 is 1.53 bits per heavy atom. The lowest BCUT2D eigenvalue weighted by molar-refractivity contribution is -0.143. The average molecular weight is 285 g/mol. The van der Waals surface area contributed by atoms with Crippen molar-refractivity contribution in [3.63, 3.8) is 0 Å². The highest BCUT2D eigenvalue weighted by Crippen LogP contribution is 2.16. The summed E-state index contributed by atoms with van der Waals surface area (Å²) in [5.74, 6) is -0.317. The zero-order chi connectivity index (χ0) is 14.3. The number of ether oxygens (including phenoxy) is 1. The molecular formula is C12H19N3O3S. The molecule has 0 aliphatic carbocycles. The molecule has 1 amide bonds. The molecule has 0 saturated carbocycles. The van der Waals surface area contributed by atoms with Gasteiger partial charge in [-0.25, -0.2) is 4.98 Å². The second-order valence-electron chi connectivity index (χ2n) is 4.12. The number of carbonyl (C=O) groups is 2. The molecule has 7 heteroatoms. The lowest BCUT2D eigenvalue weighted by atomic mass is 10.3. The second kappa shape index (κ2) is 7.85. The number of carbonyl (C=O) groups excluding carboxylic acids is 2. The van der Waals surface area contributed by atoms with Crippen molar-refractivity contribution in [2.45, 2.75) is 26.8 Å². The molecule has 6 nitrogen and oxygen atoms in total. The molecule has 1 rings (SSSR count). The fourth-order valence-electron chi connectivity index (χ4n) is 1.46. The summed E-state index contributed by atoms with van der Waals surface area (Å²) in [5, 5.41) is 5.13. The number of nitrogens with one attached hydrogen (secondary N) is 1. The van der Waals surface area contributed by atoms with E-state index in [1.807, 2.05) is 17.3 Å². The molecule has 1 aromatic heterocycles. The number of hydrogen-bond acceptors (Lipinski definition) is 6. The van der Waals surface area contributed by atoms with Crippen molar-refractivity contribution < 1.29 is 14.3 Å². The van der Waals surface area contributed by atoms with Gasteiger partial charge in [-0.1, -0.05) is 0 Å². The van der Waals surface area contributed by atoms with E-state index in [9.17, 15) is 9.59 Å². The highest BCUT2D eigenvalue weighted by Gasteiger charge is 2.08. The molecule has 0 fully saturated rings. The van der Waals surface area contributed by atoms with Crippen LogP contribution in [0.4, 0.5) is 5.13 Å². The number of anilines is 1. The van der Waals surface area contributed by atoms with E-state index in [0.29, 0.717) is 31.2 Å². The number of thiazole rings is 1. The Kier molecular flexibility index (Phi) is 6.44. The molecule has 0 saturated heterocycles. The van der Waals surface area contributed by atoms with E-state index in [1.54, 1.807) is 6.92 Å². The van der Waals surface area contributed by atoms with Gasteiger partial charge in [-0.05, 0) is 14.0 Å². The number of esters is 1. The molecular weight excluding hydrogens is 266 g/mol. The van der Waals surface area contributed by atoms with Crippen molar-refractivity contribution in [2.24, 2.45) is 0 Å². The van der Waals surface area contributed by atoms with E-state index < -0.39 is 0 Å². The maximum atomic E-state index is 11.2. The Hall–Kier alpha value is -1.47. The lowest BCUT2D eigenvalue weighted by Gasteiger charge is -2.14. The number of aromatic nitrogens is 1. The minimum Gasteiger partial charge on any atom is -0.466 e. The van der Waals surface area contributed by atoms with Crippen LogP contribution in [-0.4, -0.2) is 42.0 Å². The lowest BCUT2D eigenvalue weighted by Crippen LogP contribution is -2.22. The zero-order valence-corrected chi connectivity index (χ0v) is 12.2. The van der Waals surface area contributed by atoms with E-state index in [-0.39, 0.29) is 11.9 Å². The maximum absolute atomic E-state index is 11.2. The highest BCUT2D eigenvalue weighted by molar-refractivity contribution is 7.13. The van der Waals surface area contributed by atoms with Gasteiger partial charge in [-0.15, -0.1) is 11.3 Å². The Morgan fingerprint density at radius 2 is 2.26 bits per heavy atom. The standard InChI is InChI=1S/C12H19N3O3S/c1-4-18-11(17)5-6-15(3)7-10-8-19-12(14-10)13-9(2)16/h8H,4-7H2,1-3H3,(H,13,14,16). The Labute approximate surface area is 116 Å². The molecule has 0 radical (unpaired) electrons. The Morgan fingerprint density at radius 3 is 2.89 bits per heavy atom. The molecule has 19 heavy (non-hydrogen) atoms. The smallest absolute Gasteiger partial charge is 0.307 e. The average Bonchev–Trinajstić information content (AvgIpc) is 2.73. The first-order valence-corrected chi connectivity index (χ1v) is 6.95. The number of amides is 1. The summed E-state index contributed by atoms with van der Waals surface area (Å²) in [6.45, 7) is 4.91. The summed E-state index contributed by atoms with van der Waals surface area (Å²) in [5.41, 5.74) is 0.875. The minimum absolute atomic E-state index is 0.128. The van der Waals surface area contributed by atoms with Crippen LogP contribution in [0.15, 0.2) is 5.38 Å². The van der Waals surface area contributed by atoms with Crippen molar-refractivity contribution >= 4 is 28.3 Å². The first-order valence-electron chi connectivity index (χ1n) is 6.07. The van der Waals surface area contributed by atoms with Gasteiger partial charge in [0.25, 0.3) is 0 Å². The minimum atomic E-state index is -0.188. The number of rotatable bonds is 7. The normalized spacial score (nSPS) is 10.5. The van der Waals surface area contributed by atoms with Gasteiger partial charge < -0.3 is 10.1 Å². The van der Waals surface area contributed by atoms with Gasteiger partial charge in [-0.2, -0.15) is 0 Å². The topological polar surface area (TPSA) is 71.5 Å². The Balaban J connectivity index is 2.35. The summed E-state index contributed by atoms with van der Waals surface area (Å²) >= 11 is 1.39. The summed E-state index contributed by atoms with van der Waals surface area (Å²) < 4.78 is 4.86. The number of nitrogens with zero attached hydrogens (tertiary/aromatic N) is 2. The van der Waals surface area contributed by atoms with Crippen LogP contribution < -0.4 is 5.32 Å². The van der Waals surface area contributed by atoms with Crippen molar-refractivity contribution in [3.05, 3.63) is 11.1 Å². The zero-order valence-electron chi connectivity index (χ0n) is 11.4. The van der Waals surface area contributed by atoms with Gasteiger partial charge in [0.05, 0.1) is 18.7 Å². The monoisotopic (exact) mass is 285 g/mol. The fourth-order valence-corrected chi connectivity index (χ4v) is 2.21. The summed E-state index contributed by atoms with van der Waals surface area (Å²) in [6.07, 6.45) is 0.368. The van der Waals surface area contributed by atoms with E-state index >= 15 is 0 Å². The van der Waals surface area contributed by atoms with Gasteiger partial charge >= 0.3 is 5.97 Å². The van der Waals surface area contributed by atoms with Crippen LogP contribution >= 0.6 is 11.3 Å². The third kappa shape index (κ3) is 6.30. The molecule has 1 N–H and O–H groups in total. The van der Waals surface area contributed by atoms with Crippen LogP contribution in [0.2, 0.25) is 0 Å². The van der Waals surface area contributed by atoms with Crippen molar-refractivity contribution in [1.82, 2.24) is 9.88 Å². The van der Waals surface area contributed by atoms with Crippen LogP contribution in [-0.2, 0) is 20.9 Å². The molecule has 0 aromatic carbocycles. The highest BCUT2D eigenvalue weighted by atomic mass is 32.1. The predicted molar refractivity (Wildman–Crippen MR) is 74.0 cm³/mol. The molecule has 0 atom stereocenters. The SMILES string of the molecule is CCOC(=O)CCN(C)Cc1csc(NC(C)=O)n1. The molecule has 0 unspecified atom stereocenters. The van der Waals surface area contributed by atoms with Crippen LogP contribution in [0.25, 0.3) is 0 Å². The Bertz CT molecular complexity index is 434. The van der Waals surface area contributed by atoms with Crippen molar-refractivity contribution in [2.75, 3.05) is 25.5 Å². The van der Waals surface area contributed by atoms with Crippen LogP contribution in [0, 0.1) is 0 Å². The molecule has 0 bridgehead atoms. The molecule has 0 spiro atoms. The molecule has 106 valence electrons. The molecule has 1 aromatic rings. The first kappa shape index (κ1) is 15.6. The van der Waals surface area contributed by atoms with Crippen LogP contribution in [0.1, 0.15) is 26.0 Å². The van der Waals surface area contributed by atoms with Crippen LogP contribution in [0.5, 0.6) is 0 Å². The van der Waals surface area contributed by atoms with E-state index in [0.717, 1.165) is 5.69 Å². The largest absolute Gasteiger partial charge is 0.466 e. The second-order valence-corrected chi connectivity index (χ2v) is 4.98.